The van der Waals surface area contributed by atoms with E-state index < -0.39 is 11.3 Å². The third-order valence-electron chi connectivity index (χ3n) is 5.64. The smallest absolute Gasteiger partial charge is 0.222 e. The summed E-state index contributed by atoms with van der Waals surface area (Å²) in [6.07, 6.45) is 9.18. The maximum absolute atomic E-state index is 6.90. The minimum Gasteiger partial charge on any atom is -0.381 e. The molecular formula is C18H25BrN8O. The monoisotopic (exact) mass is 448 g/mol. The van der Waals surface area contributed by atoms with E-state index in [1.165, 1.54) is 6.33 Å². The Morgan fingerprint density at radius 3 is 2.82 bits per heavy atom. The Kier molecular flexibility index (Phi) is 5.21. The van der Waals surface area contributed by atoms with Crippen molar-refractivity contribution in [2.45, 2.75) is 42.3 Å². The van der Waals surface area contributed by atoms with Gasteiger partial charge in [0.15, 0.2) is 0 Å². The van der Waals surface area contributed by atoms with Crippen molar-refractivity contribution >= 4 is 21.9 Å². The number of nitrogens with zero attached hydrogens (tertiary/aromatic N) is 5. The summed E-state index contributed by atoms with van der Waals surface area (Å²) in [5.41, 5.74) is 13.6. The predicted molar refractivity (Wildman–Crippen MR) is 110 cm³/mol. The van der Waals surface area contributed by atoms with Crippen LogP contribution in [-0.2, 0) is 4.74 Å². The highest BCUT2D eigenvalue weighted by Gasteiger charge is 2.53. The summed E-state index contributed by atoms with van der Waals surface area (Å²) < 4.78 is 7.19. The van der Waals surface area contributed by atoms with E-state index in [0.29, 0.717) is 25.6 Å². The van der Waals surface area contributed by atoms with Crippen LogP contribution in [0.15, 0.2) is 36.0 Å². The summed E-state index contributed by atoms with van der Waals surface area (Å²) in [7, 11) is 0. The summed E-state index contributed by atoms with van der Waals surface area (Å²) in [5.74, 6) is 0.698. The first kappa shape index (κ1) is 19.4. The van der Waals surface area contributed by atoms with E-state index in [1.807, 2.05) is 19.2 Å². The second-order valence-electron chi connectivity index (χ2n) is 7.36. The van der Waals surface area contributed by atoms with Gasteiger partial charge in [0.2, 0.25) is 5.96 Å². The predicted octanol–water partition coefficient (Wildman–Crippen LogP) is 1.06. The molecule has 0 spiro atoms. The number of nitrogens with two attached hydrogens (primary N) is 2. The lowest BCUT2D eigenvalue weighted by Gasteiger charge is -2.50. The highest BCUT2D eigenvalue weighted by Crippen LogP contribution is 2.39. The molecule has 4 heterocycles. The van der Waals surface area contributed by atoms with E-state index in [4.69, 9.17) is 21.2 Å². The number of halogens is 1. The number of alkyl halides is 1. The Morgan fingerprint density at radius 1 is 1.36 bits per heavy atom. The van der Waals surface area contributed by atoms with Crippen LogP contribution < -0.4 is 16.8 Å². The molecule has 0 bridgehead atoms. The average molecular weight is 449 g/mol. The van der Waals surface area contributed by atoms with Crippen molar-refractivity contribution in [2.24, 2.45) is 22.4 Å². The molecular weight excluding hydrogens is 424 g/mol. The van der Waals surface area contributed by atoms with Gasteiger partial charge in [-0.2, -0.15) is 5.10 Å². The first-order valence-corrected chi connectivity index (χ1v) is 10.4. The fourth-order valence-electron chi connectivity index (χ4n) is 3.82. The summed E-state index contributed by atoms with van der Waals surface area (Å²) >= 11 is 3.76. The fourth-order valence-corrected chi connectivity index (χ4v) is 4.73. The van der Waals surface area contributed by atoms with E-state index in [9.17, 15) is 0 Å². The van der Waals surface area contributed by atoms with Crippen molar-refractivity contribution in [3.05, 3.63) is 31.0 Å². The molecule has 4 rings (SSSR count). The molecule has 0 aromatic carbocycles. The zero-order valence-corrected chi connectivity index (χ0v) is 17.3. The maximum atomic E-state index is 6.90. The topological polar surface area (TPSA) is 129 Å². The second-order valence-corrected chi connectivity index (χ2v) is 8.27. The number of rotatable bonds is 3. The van der Waals surface area contributed by atoms with Gasteiger partial charge in [0.05, 0.1) is 16.7 Å². The molecule has 1 fully saturated rings. The highest BCUT2D eigenvalue weighted by molar-refractivity contribution is 9.09. The van der Waals surface area contributed by atoms with Crippen molar-refractivity contribution in [3.8, 4) is 11.3 Å². The van der Waals surface area contributed by atoms with Gasteiger partial charge in [-0.3, -0.25) is 0 Å². The van der Waals surface area contributed by atoms with Gasteiger partial charge in [0.25, 0.3) is 0 Å². The molecule has 5 N–H and O–H groups in total. The van der Waals surface area contributed by atoms with Gasteiger partial charge in [-0.25, -0.2) is 19.6 Å². The lowest BCUT2D eigenvalue weighted by atomic mass is 9.79. The molecule has 0 amide bonds. The summed E-state index contributed by atoms with van der Waals surface area (Å²) in [4.78, 5) is 12.9. The van der Waals surface area contributed by atoms with Crippen LogP contribution >= 0.6 is 15.9 Å². The largest absolute Gasteiger partial charge is 0.381 e. The molecule has 2 aliphatic rings. The average Bonchev–Trinajstić information content (AvgIpc) is 3.23. The zero-order chi connectivity index (χ0) is 19.8. The number of aliphatic imine (C=N–C) groups is 1. The van der Waals surface area contributed by atoms with Crippen LogP contribution in [0, 0.1) is 5.92 Å². The summed E-state index contributed by atoms with van der Waals surface area (Å²) in [5, 5.41) is 7.81. The van der Waals surface area contributed by atoms with Crippen LogP contribution in [0.4, 0.5) is 0 Å². The van der Waals surface area contributed by atoms with E-state index in [2.05, 4.69) is 36.3 Å². The van der Waals surface area contributed by atoms with Crippen molar-refractivity contribution in [3.63, 3.8) is 0 Å². The molecule has 2 aliphatic heterocycles. The zero-order valence-electron chi connectivity index (χ0n) is 15.8. The van der Waals surface area contributed by atoms with Gasteiger partial charge in [0, 0.05) is 37.1 Å². The molecule has 2 aromatic rings. The van der Waals surface area contributed by atoms with E-state index in [0.717, 1.165) is 24.1 Å². The number of ether oxygens (including phenoxy) is 1. The third-order valence-corrected chi connectivity index (χ3v) is 7.19. The Labute approximate surface area is 172 Å². The molecule has 0 aliphatic carbocycles. The minimum atomic E-state index is -0.865. The summed E-state index contributed by atoms with van der Waals surface area (Å²) in [6, 6.07) is 1.83. The van der Waals surface area contributed by atoms with Crippen molar-refractivity contribution in [1.29, 1.82) is 0 Å². The lowest BCUT2D eigenvalue weighted by molar-refractivity contribution is 0.0309. The first-order chi connectivity index (χ1) is 13.5. The molecule has 150 valence electrons. The van der Waals surface area contributed by atoms with E-state index >= 15 is 0 Å². The quantitative estimate of drug-likeness (QED) is 0.598. The Hall–Kier alpha value is -1.88. The van der Waals surface area contributed by atoms with Gasteiger partial charge in [0.1, 0.15) is 17.7 Å². The molecule has 3 atom stereocenters. The van der Waals surface area contributed by atoms with Gasteiger partial charge in [-0.05, 0) is 25.3 Å². The van der Waals surface area contributed by atoms with Crippen LogP contribution in [0.2, 0.25) is 0 Å². The number of hydrogen-bond donors (Lipinski definition) is 3. The number of nitrogens with one attached hydrogen (secondary N) is 1. The van der Waals surface area contributed by atoms with Crippen molar-refractivity contribution in [1.82, 2.24) is 25.1 Å². The third kappa shape index (κ3) is 3.34. The van der Waals surface area contributed by atoms with Gasteiger partial charge in [-0.15, -0.1) is 0 Å². The number of hydrogen-bond acceptors (Lipinski definition) is 8. The summed E-state index contributed by atoms with van der Waals surface area (Å²) in [6.45, 7) is 3.40. The van der Waals surface area contributed by atoms with E-state index in [1.54, 1.807) is 17.1 Å². The SMILES string of the molecule is CCC1(N)NC(n2cc(-c3ccncn3)cn2)=NC(N)(C2CCOCC2)C1Br. The van der Waals surface area contributed by atoms with Crippen LogP contribution in [-0.4, -0.2) is 55.1 Å². The highest BCUT2D eigenvalue weighted by atomic mass is 79.9. The standard InChI is InChI=1S/C18H25BrN8O/c1-2-17(20)15(19)18(21,13-4-7-28-8-5-13)26-16(25-17)27-10-12(9-24-27)14-3-6-22-11-23-14/h3,6,9-11,13,15H,2,4-5,7-8,20-21H2,1H3,(H,25,26). The second kappa shape index (κ2) is 7.51. The molecule has 2 aromatic heterocycles. The lowest BCUT2D eigenvalue weighted by Crippen LogP contribution is -2.75. The molecule has 0 saturated carbocycles. The molecule has 28 heavy (non-hydrogen) atoms. The van der Waals surface area contributed by atoms with Crippen LogP contribution in [0.1, 0.15) is 26.2 Å². The van der Waals surface area contributed by atoms with Crippen molar-refractivity contribution < 1.29 is 4.74 Å². The first-order valence-electron chi connectivity index (χ1n) is 9.45. The molecule has 3 unspecified atom stereocenters. The Bertz CT molecular complexity index is 852. The molecule has 0 radical (unpaired) electrons. The molecule has 9 nitrogen and oxygen atoms in total. The van der Waals surface area contributed by atoms with E-state index in [-0.39, 0.29) is 10.7 Å². The van der Waals surface area contributed by atoms with Gasteiger partial charge in [-0.1, -0.05) is 22.9 Å². The molecule has 1 saturated heterocycles. The normalized spacial score (nSPS) is 31.3. The minimum absolute atomic E-state index is 0.161. The Balaban J connectivity index is 1.73. The van der Waals surface area contributed by atoms with Gasteiger partial charge >= 0.3 is 0 Å². The number of aromatic nitrogens is 4. The maximum Gasteiger partial charge on any atom is 0.222 e. The Morgan fingerprint density at radius 2 is 2.14 bits per heavy atom. The van der Waals surface area contributed by atoms with Crippen LogP contribution in [0.25, 0.3) is 11.3 Å². The van der Waals surface area contributed by atoms with Crippen LogP contribution in [0.3, 0.4) is 0 Å². The van der Waals surface area contributed by atoms with Crippen molar-refractivity contribution in [2.75, 3.05) is 13.2 Å². The van der Waals surface area contributed by atoms with Gasteiger partial charge < -0.3 is 21.5 Å². The fraction of sp³-hybridized carbons (Fsp3) is 0.556. The molecule has 10 heteroatoms. The van der Waals surface area contributed by atoms with Crippen LogP contribution in [0.5, 0.6) is 0 Å².